The van der Waals surface area contributed by atoms with Crippen molar-refractivity contribution in [2.75, 3.05) is 13.2 Å². The third-order valence-corrected chi connectivity index (χ3v) is 5.59. The first kappa shape index (κ1) is 17.2. The van der Waals surface area contributed by atoms with Crippen LogP contribution < -0.4 is 0 Å². The lowest BCUT2D eigenvalue weighted by atomic mass is 9.99. The number of rotatable bonds is 5. The predicted molar refractivity (Wildman–Crippen MR) is 110 cm³/mol. The normalized spacial score (nSPS) is 16.8. The van der Waals surface area contributed by atoms with Crippen LogP contribution in [0.15, 0.2) is 54.9 Å². The first-order valence-corrected chi connectivity index (χ1v) is 9.92. The fourth-order valence-corrected chi connectivity index (χ4v) is 4.14. The minimum absolute atomic E-state index is 0.399. The zero-order valence-corrected chi connectivity index (χ0v) is 16.1. The maximum Gasteiger partial charge on any atom is 0.109 e. The van der Waals surface area contributed by atoms with Gasteiger partial charge in [-0.1, -0.05) is 42.5 Å². The molecular weight excluding hydrogens is 348 g/mol. The van der Waals surface area contributed by atoms with E-state index in [1.165, 1.54) is 16.8 Å². The van der Waals surface area contributed by atoms with Crippen LogP contribution in [0.2, 0.25) is 0 Å². The Kier molecular flexibility index (Phi) is 4.45. The van der Waals surface area contributed by atoms with Gasteiger partial charge in [0.25, 0.3) is 0 Å². The lowest BCUT2D eigenvalue weighted by molar-refractivity contribution is 0.193. The summed E-state index contributed by atoms with van der Waals surface area (Å²) in [6.07, 6.45) is 3.87. The van der Waals surface area contributed by atoms with Crippen LogP contribution in [-0.4, -0.2) is 32.7 Å². The maximum atomic E-state index is 5.68. The van der Waals surface area contributed by atoms with Crippen LogP contribution in [0.3, 0.4) is 0 Å². The number of imidazole rings is 2. The highest BCUT2D eigenvalue weighted by Gasteiger charge is 2.26. The summed E-state index contributed by atoms with van der Waals surface area (Å²) < 4.78 is 7.98. The van der Waals surface area contributed by atoms with Gasteiger partial charge in [-0.15, -0.1) is 0 Å². The van der Waals surface area contributed by atoms with Crippen LogP contribution in [0.4, 0.5) is 0 Å². The van der Waals surface area contributed by atoms with Gasteiger partial charge in [0.2, 0.25) is 0 Å². The van der Waals surface area contributed by atoms with Gasteiger partial charge in [-0.3, -0.25) is 0 Å². The summed E-state index contributed by atoms with van der Waals surface area (Å²) in [5.74, 6) is 1.42. The van der Waals surface area contributed by atoms with Gasteiger partial charge in [0.1, 0.15) is 5.82 Å². The van der Waals surface area contributed by atoms with E-state index in [1.807, 2.05) is 12.4 Å². The smallest absolute Gasteiger partial charge is 0.109 e. The summed E-state index contributed by atoms with van der Waals surface area (Å²) in [4.78, 5) is 13.0. The summed E-state index contributed by atoms with van der Waals surface area (Å²) in [5.41, 5.74) is 6.92. The molecule has 1 fully saturated rings. The van der Waals surface area contributed by atoms with E-state index >= 15 is 0 Å². The van der Waals surface area contributed by atoms with Crippen LogP contribution >= 0.6 is 0 Å². The molecule has 5 rings (SSSR count). The van der Waals surface area contributed by atoms with E-state index in [0.717, 1.165) is 55.2 Å². The summed E-state index contributed by atoms with van der Waals surface area (Å²) in [7, 11) is 0. The topological polar surface area (TPSA) is 55.7 Å². The largest absolute Gasteiger partial charge is 0.381 e. The average molecular weight is 372 g/mol. The Morgan fingerprint density at radius 1 is 1.14 bits per heavy atom. The number of nitrogens with one attached hydrogen (secondary N) is 1. The molecule has 0 bridgehead atoms. The van der Waals surface area contributed by atoms with Gasteiger partial charge in [0.15, 0.2) is 0 Å². The van der Waals surface area contributed by atoms with Gasteiger partial charge in [-0.2, -0.15) is 0 Å². The third kappa shape index (κ3) is 3.12. The van der Waals surface area contributed by atoms with Crippen LogP contribution in [0.5, 0.6) is 0 Å². The maximum absolute atomic E-state index is 5.68. The predicted octanol–water partition coefficient (Wildman–Crippen LogP) is 4.48. The monoisotopic (exact) mass is 372 g/mol. The van der Waals surface area contributed by atoms with Gasteiger partial charge in [0.05, 0.1) is 35.4 Å². The zero-order chi connectivity index (χ0) is 18.9. The minimum Gasteiger partial charge on any atom is -0.381 e. The highest BCUT2D eigenvalue weighted by atomic mass is 16.5. The molecule has 3 heterocycles. The van der Waals surface area contributed by atoms with Crippen LogP contribution in [0, 0.1) is 6.92 Å². The highest BCUT2D eigenvalue weighted by molar-refractivity contribution is 5.78. The second-order valence-electron chi connectivity index (χ2n) is 7.50. The van der Waals surface area contributed by atoms with E-state index in [-0.39, 0.29) is 0 Å². The van der Waals surface area contributed by atoms with E-state index in [2.05, 4.69) is 58.9 Å². The SMILES string of the molecule is Cc1cccc2[nH]c(CCn3cnc(-c4ccccc4)c3C3CCOC3)nc12. The molecule has 1 saturated heterocycles. The summed E-state index contributed by atoms with van der Waals surface area (Å²) in [6.45, 7) is 4.56. The van der Waals surface area contributed by atoms with Crippen molar-refractivity contribution < 1.29 is 4.74 Å². The molecule has 0 amide bonds. The number of hydrogen-bond acceptors (Lipinski definition) is 3. The molecule has 1 unspecified atom stereocenters. The highest BCUT2D eigenvalue weighted by Crippen LogP contribution is 2.33. The third-order valence-electron chi connectivity index (χ3n) is 5.59. The molecule has 5 nitrogen and oxygen atoms in total. The van der Waals surface area contributed by atoms with Crippen LogP contribution in [-0.2, 0) is 17.7 Å². The van der Waals surface area contributed by atoms with E-state index in [4.69, 9.17) is 14.7 Å². The number of nitrogens with zero attached hydrogens (tertiary/aromatic N) is 3. The fourth-order valence-electron chi connectivity index (χ4n) is 4.14. The molecule has 0 saturated carbocycles. The second kappa shape index (κ2) is 7.24. The van der Waals surface area contributed by atoms with Gasteiger partial charge in [-0.05, 0) is 25.0 Å². The molecule has 1 atom stereocenters. The summed E-state index contributed by atoms with van der Waals surface area (Å²) in [5, 5.41) is 0. The lowest BCUT2D eigenvalue weighted by Gasteiger charge is -2.14. The second-order valence-corrected chi connectivity index (χ2v) is 7.50. The van der Waals surface area contributed by atoms with E-state index in [1.54, 1.807) is 0 Å². The molecule has 1 aliphatic rings. The Morgan fingerprint density at radius 2 is 2.04 bits per heavy atom. The molecule has 0 spiro atoms. The molecule has 2 aromatic heterocycles. The first-order valence-electron chi connectivity index (χ1n) is 9.92. The Labute approximate surface area is 164 Å². The number of para-hydroxylation sites is 1. The molecule has 5 heteroatoms. The standard InChI is InChI=1S/C23H24N4O/c1-16-6-5-9-19-21(16)26-20(25-19)10-12-27-15-24-22(17-7-3-2-4-8-17)23(27)18-11-13-28-14-18/h2-9,15,18H,10-14H2,1H3,(H,25,26). The Bertz CT molecular complexity index is 1090. The Balaban J connectivity index is 1.45. The van der Waals surface area contributed by atoms with Crippen molar-refractivity contribution in [3.05, 3.63) is 71.9 Å². The summed E-state index contributed by atoms with van der Waals surface area (Å²) >= 11 is 0. The van der Waals surface area contributed by atoms with Crippen LogP contribution in [0.1, 0.15) is 29.4 Å². The number of fused-ring (bicyclic) bond motifs is 1. The lowest BCUT2D eigenvalue weighted by Crippen LogP contribution is -2.11. The average Bonchev–Trinajstić information content (AvgIpc) is 3.46. The van der Waals surface area contributed by atoms with Crippen molar-refractivity contribution in [2.24, 2.45) is 0 Å². The van der Waals surface area contributed by atoms with Crippen molar-refractivity contribution in [3.63, 3.8) is 0 Å². The molecule has 28 heavy (non-hydrogen) atoms. The number of H-pyrrole nitrogens is 1. The molecule has 0 aliphatic carbocycles. The number of benzene rings is 2. The van der Waals surface area contributed by atoms with Crippen molar-refractivity contribution in [1.82, 2.24) is 19.5 Å². The molecule has 4 aromatic rings. The molecule has 1 aliphatic heterocycles. The number of aromatic nitrogens is 4. The van der Waals surface area contributed by atoms with Gasteiger partial charge >= 0.3 is 0 Å². The number of hydrogen-bond donors (Lipinski definition) is 1. The quantitative estimate of drug-likeness (QED) is 0.562. The number of aryl methyl sites for hydroxylation is 3. The molecular formula is C23H24N4O. The van der Waals surface area contributed by atoms with Gasteiger partial charge < -0.3 is 14.3 Å². The van der Waals surface area contributed by atoms with E-state index in [0.29, 0.717) is 5.92 Å². The first-order chi connectivity index (χ1) is 13.8. The Morgan fingerprint density at radius 3 is 2.82 bits per heavy atom. The van der Waals surface area contributed by atoms with Gasteiger partial charge in [-0.25, -0.2) is 9.97 Å². The molecule has 142 valence electrons. The van der Waals surface area contributed by atoms with E-state index < -0.39 is 0 Å². The number of aromatic amines is 1. The van der Waals surface area contributed by atoms with Crippen molar-refractivity contribution in [2.45, 2.75) is 32.2 Å². The molecule has 2 aromatic carbocycles. The minimum atomic E-state index is 0.399. The van der Waals surface area contributed by atoms with Gasteiger partial charge in [0, 0.05) is 31.1 Å². The fraction of sp³-hybridized carbons (Fsp3) is 0.304. The number of ether oxygens (including phenoxy) is 1. The van der Waals surface area contributed by atoms with Crippen molar-refractivity contribution in [1.29, 1.82) is 0 Å². The Hall–Kier alpha value is -2.92. The zero-order valence-electron chi connectivity index (χ0n) is 16.1. The van der Waals surface area contributed by atoms with Crippen molar-refractivity contribution in [3.8, 4) is 11.3 Å². The van der Waals surface area contributed by atoms with Crippen LogP contribution in [0.25, 0.3) is 22.3 Å². The summed E-state index contributed by atoms with van der Waals surface area (Å²) in [6, 6.07) is 16.7. The van der Waals surface area contributed by atoms with Crippen molar-refractivity contribution >= 4 is 11.0 Å². The molecule has 0 radical (unpaired) electrons. The molecule has 1 N–H and O–H groups in total. The van der Waals surface area contributed by atoms with E-state index in [9.17, 15) is 0 Å².